The van der Waals surface area contributed by atoms with Gasteiger partial charge in [-0.2, -0.15) is 18.4 Å². The predicted molar refractivity (Wildman–Crippen MR) is 58.5 cm³/mol. The van der Waals surface area contributed by atoms with Gasteiger partial charge in [-0.15, -0.1) is 0 Å². The maximum atomic E-state index is 12.2. The molecule has 1 aromatic carbocycles. The zero-order valence-electron chi connectivity index (χ0n) is 9.61. The summed E-state index contributed by atoms with van der Waals surface area (Å²) in [6.07, 6.45) is -4.47. The monoisotopic (exact) mass is 256 g/mol. The van der Waals surface area contributed by atoms with Crippen LogP contribution in [0.5, 0.6) is 0 Å². The van der Waals surface area contributed by atoms with Gasteiger partial charge in [0.15, 0.2) is 0 Å². The second-order valence-corrected chi connectivity index (χ2v) is 3.78. The maximum absolute atomic E-state index is 12.2. The quantitative estimate of drug-likeness (QED) is 0.833. The third-order valence-electron chi connectivity index (χ3n) is 2.30. The van der Waals surface area contributed by atoms with Crippen molar-refractivity contribution in [3.8, 4) is 6.07 Å². The second kappa shape index (κ2) is 5.54. The summed E-state index contributed by atoms with van der Waals surface area (Å²) in [7, 11) is 1.03. The van der Waals surface area contributed by atoms with Crippen molar-refractivity contribution < 1.29 is 18.0 Å². The normalized spacial score (nSPS) is 12.6. The fourth-order valence-corrected chi connectivity index (χ4v) is 1.49. The number of carbonyl (C=O) groups is 1. The molecule has 6 heteroatoms. The molecule has 18 heavy (non-hydrogen) atoms. The van der Waals surface area contributed by atoms with E-state index in [-0.39, 0.29) is 0 Å². The molecule has 1 rings (SSSR count). The summed E-state index contributed by atoms with van der Waals surface area (Å²) in [5, 5.41) is 8.92. The molecule has 0 saturated heterocycles. The summed E-state index contributed by atoms with van der Waals surface area (Å²) in [5.74, 6) is -2.07. The van der Waals surface area contributed by atoms with Gasteiger partial charge in [0.05, 0.1) is 6.07 Å². The van der Waals surface area contributed by atoms with Crippen LogP contribution in [-0.4, -0.2) is 30.6 Å². The molecule has 96 valence electrons. The number of alkyl halides is 3. The lowest BCUT2D eigenvalue weighted by molar-refractivity contribution is -0.158. The van der Waals surface area contributed by atoms with Crippen LogP contribution in [-0.2, 0) is 4.79 Å². The van der Waals surface area contributed by atoms with Gasteiger partial charge in [-0.25, -0.2) is 0 Å². The van der Waals surface area contributed by atoms with Crippen LogP contribution in [0.1, 0.15) is 11.5 Å². The number of amides is 1. The van der Waals surface area contributed by atoms with Gasteiger partial charge in [0.2, 0.25) is 5.91 Å². The minimum atomic E-state index is -4.47. The Labute approximate surface area is 102 Å². The highest BCUT2D eigenvalue weighted by Crippen LogP contribution is 2.21. The lowest BCUT2D eigenvalue weighted by Crippen LogP contribution is -2.38. The Morgan fingerprint density at radius 2 is 1.94 bits per heavy atom. The van der Waals surface area contributed by atoms with Crippen molar-refractivity contribution in [1.29, 1.82) is 5.26 Å². The SMILES string of the molecule is CN(CC(F)(F)F)C(=O)C(C#N)c1ccccc1. The molecule has 0 bridgehead atoms. The molecule has 0 saturated carbocycles. The molecule has 0 aliphatic carbocycles. The molecule has 1 unspecified atom stereocenters. The summed E-state index contributed by atoms with van der Waals surface area (Å²) >= 11 is 0. The molecular weight excluding hydrogens is 245 g/mol. The molecule has 0 heterocycles. The number of rotatable bonds is 3. The molecule has 3 nitrogen and oxygen atoms in total. The lowest BCUT2D eigenvalue weighted by atomic mass is 9.99. The molecule has 0 aliphatic heterocycles. The van der Waals surface area contributed by atoms with Gasteiger partial charge < -0.3 is 4.90 Å². The number of carbonyl (C=O) groups excluding carboxylic acids is 1. The number of hydrogen-bond donors (Lipinski definition) is 0. The molecule has 1 amide bonds. The van der Waals surface area contributed by atoms with Crippen LogP contribution in [0.15, 0.2) is 30.3 Å². The van der Waals surface area contributed by atoms with Gasteiger partial charge in [0.1, 0.15) is 12.5 Å². The van der Waals surface area contributed by atoms with E-state index < -0.39 is 24.5 Å². The van der Waals surface area contributed by atoms with Gasteiger partial charge in [-0.1, -0.05) is 30.3 Å². The first kappa shape index (κ1) is 14.0. The summed E-state index contributed by atoms with van der Waals surface area (Å²) in [4.78, 5) is 12.3. The number of nitrogens with zero attached hydrogens (tertiary/aromatic N) is 2. The summed E-state index contributed by atoms with van der Waals surface area (Å²) in [5.41, 5.74) is 0.388. The van der Waals surface area contributed by atoms with E-state index >= 15 is 0 Å². The molecule has 0 aliphatic rings. The van der Waals surface area contributed by atoms with Gasteiger partial charge >= 0.3 is 6.18 Å². The zero-order valence-corrected chi connectivity index (χ0v) is 9.61. The minimum Gasteiger partial charge on any atom is -0.335 e. The average molecular weight is 256 g/mol. The zero-order chi connectivity index (χ0) is 13.8. The van der Waals surface area contributed by atoms with Crippen molar-refractivity contribution in [3.05, 3.63) is 35.9 Å². The van der Waals surface area contributed by atoms with Crippen LogP contribution < -0.4 is 0 Å². The third-order valence-corrected chi connectivity index (χ3v) is 2.30. The highest BCUT2D eigenvalue weighted by atomic mass is 19.4. The fourth-order valence-electron chi connectivity index (χ4n) is 1.49. The van der Waals surface area contributed by atoms with E-state index in [0.717, 1.165) is 7.05 Å². The van der Waals surface area contributed by atoms with Gasteiger partial charge in [-0.3, -0.25) is 4.79 Å². The molecule has 0 N–H and O–H groups in total. The van der Waals surface area contributed by atoms with Crippen LogP contribution >= 0.6 is 0 Å². The summed E-state index contributed by atoms with van der Waals surface area (Å²) in [6.45, 7) is -1.36. The van der Waals surface area contributed by atoms with Crippen molar-refractivity contribution in [1.82, 2.24) is 4.90 Å². The van der Waals surface area contributed by atoms with Crippen LogP contribution in [0.3, 0.4) is 0 Å². The topological polar surface area (TPSA) is 44.1 Å². The first-order chi connectivity index (χ1) is 8.35. The molecule has 0 aromatic heterocycles. The Kier molecular flexibility index (Phi) is 4.32. The van der Waals surface area contributed by atoms with Gasteiger partial charge in [-0.05, 0) is 5.56 Å². The standard InChI is InChI=1S/C12H11F3N2O/c1-17(8-12(13,14)15)11(18)10(7-16)9-5-3-2-4-6-9/h2-6,10H,8H2,1H3. The highest BCUT2D eigenvalue weighted by Gasteiger charge is 2.33. The van der Waals surface area contributed by atoms with Crippen molar-refractivity contribution in [2.75, 3.05) is 13.6 Å². The molecule has 1 atom stereocenters. The number of hydrogen-bond acceptors (Lipinski definition) is 2. The van der Waals surface area contributed by atoms with E-state index in [0.29, 0.717) is 10.5 Å². The Morgan fingerprint density at radius 3 is 2.39 bits per heavy atom. The van der Waals surface area contributed by atoms with E-state index in [1.165, 1.54) is 12.1 Å². The predicted octanol–water partition coefficient (Wildman–Crippen LogP) is 2.31. The van der Waals surface area contributed by atoms with E-state index in [4.69, 9.17) is 5.26 Å². The molecule has 0 fully saturated rings. The molecule has 1 aromatic rings. The number of nitriles is 1. The van der Waals surface area contributed by atoms with E-state index in [1.807, 2.05) is 0 Å². The Hall–Kier alpha value is -2.03. The van der Waals surface area contributed by atoms with Crippen molar-refractivity contribution in [2.45, 2.75) is 12.1 Å². The third kappa shape index (κ3) is 3.77. The largest absolute Gasteiger partial charge is 0.406 e. The van der Waals surface area contributed by atoms with E-state index in [9.17, 15) is 18.0 Å². The van der Waals surface area contributed by atoms with Crippen LogP contribution in [0.4, 0.5) is 13.2 Å². The van der Waals surface area contributed by atoms with Crippen LogP contribution in [0, 0.1) is 11.3 Å². The summed E-state index contributed by atoms with van der Waals surface area (Å²) < 4.78 is 36.5. The van der Waals surface area contributed by atoms with Gasteiger partial charge in [0.25, 0.3) is 0 Å². The molecule has 0 spiro atoms. The van der Waals surface area contributed by atoms with Crippen LogP contribution in [0.25, 0.3) is 0 Å². The van der Waals surface area contributed by atoms with Gasteiger partial charge in [0, 0.05) is 7.05 Å². The van der Waals surface area contributed by atoms with Crippen LogP contribution in [0.2, 0.25) is 0 Å². The smallest absolute Gasteiger partial charge is 0.335 e. The summed E-state index contributed by atoms with van der Waals surface area (Å²) in [6, 6.07) is 9.74. The highest BCUT2D eigenvalue weighted by molar-refractivity contribution is 5.86. The van der Waals surface area contributed by atoms with E-state index in [2.05, 4.69) is 0 Å². The van der Waals surface area contributed by atoms with E-state index in [1.54, 1.807) is 24.3 Å². The minimum absolute atomic E-state index is 0.388. The fraction of sp³-hybridized carbons (Fsp3) is 0.333. The lowest BCUT2D eigenvalue weighted by Gasteiger charge is -2.21. The number of halogens is 3. The first-order valence-electron chi connectivity index (χ1n) is 5.11. The van der Waals surface area contributed by atoms with Crippen molar-refractivity contribution >= 4 is 5.91 Å². The Balaban J connectivity index is 2.85. The molecule has 0 radical (unpaired) electrons. The Morgan fingerprint density at radius 1 is 1.39 bits per heavy atom. The average Bonchev–Trinajstić information content (AvgIpc) is 2.29. The van der Waals surface area contributed by atoms with Crippen molar-refractivity contribution in [2.24, 2.45) is 0 Å². The number of benzene rings is 1. The first-order valence-corrected chi connectivity index (χ1v) is 5.11. The maximum Gasteiger partial charge on any atom is 0.406 e. The number of likely N-dealkylation sites (N-methyl/N-ethyl adjacent to an activating group) is 1. The van der Waals surface area contributed by atoms with Crippen molar-refractivity contribution in [3.63, 3.8) is 0 Å². The second-order valence-electron chi connectivity index (χ2n) is 3.78. The Bertz CT molecular complexity index is 451. The molecular formula is C12H11F3N2O.